The van der Waals surface area contributed by atoms with Gasteiger partial charge >= 0.3 is 0 Å². The summed E-state index contributed by atoms with van der Waals surface area (Å²) in [5.74, 6) is 2.03. The van der Waals surface area contributed by atoms with Crippen LogP contribution in [0.5, 0.6) is 11.5 Å². The van der Waals surface area contributed by atoms with Gasteiger partial charge in [0.2, 0.25) is 0 Å². The van der Waals surface area contributed by atoms with Gasteiger partial charge in [-0.05, 0) is 12.8 Å². The summed E-state index contributed by atoms with van der Waals surface area (Å²) in [7, 11) is 0. The van der Waals surface area contributed by atoms with Crippen LogP contribution in [0, 0.1) is 0 Å². The Labute approximate surface area is 220 Å². The largest absolute Gasteiger partial charge is 0.492 e. The fourth-order valence-corrected chi connectivity index (χ4v) is 5.18. The second kappa shape index (κ2) is 17.3. The molecule has 0 unspecified atom stereocenters. The number of rotatable bonds is 20. The maximum atomic E-state index is 6.47. The Morgan fingerprint density at radius 3 is 0.972 bits per heavy atom. The van der Waals surface area contributed by atoms with Gasteiger partial charge in [-0.1, -0.05) is 152 Å². The highest BCUT2D eigenvalue weighted by atomic mass is 16.5. The van der Waals surface area contributed by atoms with Gasteiger partial charge in [-0.3, -0.25) is 0 Å². The molecule has 0 aliphatic carbocycles. The molecular formula is C34H50O2. The molecule has 0 heterocycles. The van der Waals surface area contributed by atoms with Crippen molar-refractivity contribution >= 4 is 21.5 Å². The van der Waals surface area contributed by atoms with Gasteiger partial charge in [-0.15, -0.1) is 0 Å². The topological polar surface area (TPSA) is 18.5 Å². The first kappa shape index (κ1) is 28.4. The van der Waals surface area contributed by atoms with Crippen molar-refractivity contribution in [3.8, 4) is 11.5 Å². The van der Waals surface area contributed by atoms with E-state index in [9.17, 15) is 0 Å². The van der Waals surface area contributed by atoms with Crippen molar-refractivity contribution < 1.29 is 9.47 Å². The molecular weight excluding hydrogens is 440 g/mol. The van der Waals surface area contributed by atoms with E-state index >= 15 is 0 Å². The predicted molar refractivity (Wildman–Crippen MR) is 158 cm³/mol. The summed E-state index contributed by atoms with van der Waals surface area (Å²) in [4.78, 5) is 0. The maximum absolute atomic E-state index is 6.47. The lowest BCUT2D eigenvalue weighted by Crippen LogP contribution is -2.02. The smallest absolute Gasteiger partial charge is 0.135 e. The lowest BCUT2D eigenvalue weighted by Gasteiger charge is -2.18. The average Bonchev–Trinajstić information content (AvgIpc) is 2.91. The Morgan fingerprint density at radius 2 is 0.667 bits per heavy atom. The summed E-state index contributed by atoms with van der Waals surface area (Å²) < 4.78 is 12.9. The first-order valence-electron chi connectivity index (χ1n) is 15.1. The van der Waals surface area contributed by atoms with Crippen LogP contribution in [0.2, 0.25) is 0 Å². The molecule has 198 valence electrons. The molecule has 0 spiro atoms. The summed E-state index contributed by atoms with van der Waals surface area (Å²) >= 11 is 0. The highest BCUT2D eigenvalue weighted by molar-refractivity contribution is 6.11. The molecule has 0 fully saturated rings. The van der Waals surface area contributed by atoms with Gasteiger partial charge in [-0.25, -0.2) is 0 Å². The first-order valence-corrected chi connectivity index (χ1v) is 15.1. The summed E-state index contributed by atoms with van der Waals surface area (Å²) in [6.45, 7) is 6.12. The third-order valence-corrected chi connectivity index (χ3v) is 7.32. The zero-order valence-corrected chi connectivity index (χ0v) is 23.2. The van der Waals surface area contributed by atoms with Crippen LogP contribution in [0.15, 0.2) is 48.5 Å². The number of unbranched alkanes of at least 4 members (excludes halogenated alkanes) is 14. The standard InChI is InChI=1S/C34H50O2/c1-3-5-7-9-11-13-15-21-27-35-33-29-23-17-19-25-31(29)34(32-26-20-18-24-30(32)33)36-28-22-16-14-12-10-8-6-4-2/h17-20,23-26H,3-16,21-22,27-28H2,1-2H3. The average molecular weight is 491 g/mol. The van der Waals surface area contributed by atoms with E-state index in [1.165, 1.54) is 111 Å². The van der Waals surface area contributed by atoms with Gasteiger partial charge in [-0.2, -0.15) is 0 Å². The molecule has 0 aliphatic rings. The number of fused-ring (bicyclic) bond motifs is 2. The number of benzene rings is 3. The molecule has 0 radical (unpaired) electrons. The summed E-state index contributed by atoms with van der Waals surface area (Å²) in [5.41, 5.74) is 0. The molecule has 0 N–H and O–H groups in total. The van der Waals surface area contributed by atoms with E-state index < -0.39 is 0 Å². The fraction of sp³-hybridized carbons (Fsp3) is 0.588. The number of hydrogen-bond acceptors (Lipinski definition) is 2. The first-order chi connectivity index (χ1) is 17.9. The molecule has 36 heavy (non-hydrogen) atoms. The Bertz CT molecular complexity index is 856. The highest BCUT2D eigenvalue weighted by Gasteiger charge is 2.15. The Balaban J connectivity index is 1.58. The predicted octanol–water partition coefficient (Wildman–Crippen LogP) is 11.0. The molecule has 0 saturated carbocycles. The van der Waals surface area contributed by atoms with Crippen molar-refractivity contribution in [2.45, 2.75) is 117 Å². The third-order valence-electron chi connectivity index (χ3n) is 7.32. The summed E-state index contributed by atoms with van der Waals surface area (Å²) in [6.07, 6.45) is 21.0. The van der Waals surface area contributed by atoms with Crippen molar-refractivity contribution in [1.82, 2.24) is 0 Å². The second-order valence-corrected chi connectivity index (χ2v) is 10.4. The molecule has 0 bridgehead atoms. The van der Waals surface area contributed by atoms with E-state index in [0.717, 1.165) is 37.6 Å². The van der Waals surface area contributed by atoms with Crippen LogP contribution in [0.3, 0.4) is 0 Å². The molecule has 3 aromatic rings. The van der Waals surface area contributed by atoms with Crippen molar-refractivity contribution in [2.75, 3.05) is 13.2 Å². The Hall–Kier alpha value is -2.22. The van der Waals surface area contributed by atoms with Gasteiger partial charge in [0.1, 0.15) is 11.5 Å². The number of ether oxygens (including phenoxy) is 2. The number of hydrogen-bond donors (Lipinski definition) is 0. The molecule has 3 rings (SSSR count). The molecule has 2 nitrogen and oxygen atoms in total. The van der Waals surface area contributed by atoms with Crippen molar-refractivity contribution in [2.24, 2.45) is 0 Å². The van der Waals surface area contributed by atoms with Crippen LogP contribution in [-0.4, -0.2) is 13.2 Å². The van der Waals surface area contributed by atoms with Gasteiger partial charge in [0.25, 0.3) is 0 Å². The fourth-order valence-electron chi connectivity index (χ4n) is 5.18. The van der Waals surface area contributed by atoms with Crippen molar-refractivity contribution in [3.63, 3.8) is 0 Å². The molecule has 0 aromatic heterocycles. The van der Waals surface area contributed by atoms with Gasteiger partial charge in [0, 0.05) is 21.5 Å². The second-order valence-electron chi connectivity index (χ2n) is 10.4. The zero-order chi connectivity index (χ0) is 25.3. The Morgan fingerprint density at radius 1 is 0.389 bits per heavy atom. The maximum Gasteiger partial charge on any atom is 0.135 e. The molecule has 0 amide bonds. The van der Waals surface area contributed by atoms with E-state index in [0.29, 0.717) is 0 Å². The van der Waals surface area contributed by atoms with Crippen LogP contribution in [0.25, 0.3) is 21.5 Å². The lowest BCUT2D eigenvalue weighted by molar-refractivity contribution is 0.306. The van der Waals surface area contributed by atoms with Crippen molar-refractivity contribution in [1.29, 1.82) is 0 Å². The normalized spacial score (nSPS) is 11.4. The highest BCUT2D eigenvalue weighted by Crippen LogP contribution is 2.42. The minimum Gasteiger partial charge on any atom is -0.492 e. The van der Waals surface area contributed by atoms with Crippen LogP contribution in [0.4, 0.5) is 0 Å². The van der Waals surface area contributed by atoms with E-state index in [2.05, 4.69) is 62.4 Å². The summed E-state index contributed by atoms with van der Waals surface area (Å²) in [5, 5.41) is 4.67. The molecule has 0 atom stereocenters. The molecule has 0 aliphatic heterocycles. The lowest BCUT2D eigenvalue weighted by atomic mass is 10.0. The SMILES string of the molecule is CCCCCCCCCCOc1c2ccccc2c(OCCCCCCCCCC)c2ccccc12. The van der Waals surface area contributed by atoms with Crippen LogP contribution < -0.4 is 9.47 Å². The Kier molecular flexibility index (Phi) is 13.6. The molecule has 3 aromatic carbocycles. The van der Waals surface area contributed by atoms with Gasteiger partial charge in [0.05, 0.1) is 13.2 Å². The van der Waals surface area contributed by atoms with Crippen LogP contribution >= 0.6 is 0 Å². The third kappa shape index (κ3) is 9.02. The molecule has 0 saturated heterocycles. The van der Waals surface area contributed by atoms with Gasteiger partial charge < -0.3 is 9.47 Å². The minimum absolute atomic E-state index is 0.779. The molecule has 2 heteroatoms. The van der Waals surface area contributed by atoms with E-state index in [1.54, 1.807) is 0 Å². The minimum atomic E-state index is 0.779. The quantitative estimate of drug-likeness (QED) is 0.116. The monoisotopic (exact) mass is 490 g/mol. The van der Waals surface area contributed by atoms with E-state index in [-0.39, 0.29) is 0 Å². The summed E-state index contributed by atoms with van der Waals surface area (Å²) in [6, 6.07) is 17.2. The van der Waals surface area contributed by atoms with E-state index in [1.807, 2.05) is 0 Å². The van der Waals surface area contributed by atoms with Crippen LogP contribution in [0.1, 0.15) is 117 Å². The van der Waals surface area contributed by atoms with Crippen molar-refractivity contribution in [3.05, 3.63) is 48.5 Å². The zero-order valence-electron chi connectivity index (χ0n) is 23.2. The van der Waals surface area contributed by atoms with E-state index in [4.69, 9.17) is 9.47 Å². The van der Waals surface area contributed by atoms with Crippen LogP contribution in [-0.2, 0) is 0 Å². The van der Waals surface area contributed by atoms with Gasteiger partial charge in [0.15, 0.2) is 0 Å².